The van der Waals surface area contributed by atoms with Crippen molar-refractivity contribution in [3.05, 3.63) is 59.2 Å². The Bertz CT molecular complexity index is 1150. The van der Waals surface area contributed by atoms with Crippen molar-refractivity contribution in [2.24, 2.45) is 0 Å². The first-order chi connectivity index (χ1) is 14.4. The molecule has 0 unspecified atom stereocenters. The van der Waals surface area contributed by atoms with Crippen LogP contribution in [0, 0.1) is 29.9 Å². The molecule has 0 bridgehead atoms. The molecular formula is C20H16F2N4O4. The van der Waals surface area contributed by atoms with Gasteiger partial charge in [-0.15, -0.1) is 0 Å². The van der Waals surface area contributed by atoms with Crippen molar-refractivity contribution in [2.45, 2.75) is 20.4 Å². The Morgan fingerprint density at radius 2 is 2.03 bits per heavy atom. The molecule has 0 fully saturated rings. The molecule has 2 aromatic heterocycles. The molecule has 8 nitrogen and oxygen atoms in total. The van der Waals surface area contributed by atoms with Crippen molar-refractivity contribution in [1.82, 2.24) is 14.8 Å². The Hall–Kier alpha value is -4.00. The van der Waals surface area contributed by atoms with Crippen LogP contribution < -0.4 is 0 Å². The van der Waals surface area contributed by atoms with Gasteiger partial charge in [-0.2, -0.15) is 10.4 Å². The van der Waals surface area contributed by atoms with E-state index in [0.717, 1.165) is 25.5 Å². The number of rotatable bonds is 5. The number of halogens is 2. The van der Waals surface area contributed by atoms with Crippen LogP contribution in [-0.2, 0) is 16.0 Å². The molecule has 2 heterocycles. The maximum absolute atomic E-state index is 14.1. The molecule has 0 saturated carbocycles. The van der Waals surface area contributed by atoms with E-state index in [4.69, 9.17) is 9.15 Å². The molecule has 0 saturated heterocycles. The fraction of sp³-hybridized carbons (Fsp3) is 0.200. The normalized spacial score (nSPS) is 11.6. The molecule has 0 radical (unpaired) electrons. The number of carbonyl (C=O) groups excluding carboxylic acids is 1. The Labute approximate surface area is 170 Å². The summed E-state index contributed by atoms with van der Waals surface area (Å²) in [6.07, 6.45) is -0.0250. The largest absolute Gasteiger partial charge is 0.513 e. The van der Waals surface area contributed by atoms with Gasteiger partial charge in [-0.25, -0.2) is 18.6 Å². The summed E-state index contributed by atoms with van der Waals surface area (Å²) in [5.41, 5.74) is 0.158. The predicted molar refractivity (Wildman–Crippen MR) is 100 cm³/mol. The monoisotopic (exact) mass is 414 g/mol. The zero-order valence-electron chi connectivity index (χ0n) is 16.3. The summed E-state index contributed by atoms with van der Waals surface area (Å²) < 4.78 is 44.6. The number of aryl methyl sites for hydroxylation is 2. The van der Waals surface area contributed by atoms with Crippen LogP contribution in [0.25, 0.3) is 22.8 Å². The molecule has 0 aliphatic heterocycles. The second-order valence-corrected chi connectivity index (χ2v) is 5.99. The second-order valence-electron chi connectivity index (χ2n) is 5.99. The van der Waals surface area contributed by atoms with E-state index in [0.29, 0.717) is 17.9 Å². The average molecular weight is 414 g/mol. The lowest BCUT2D eigenvalue weighted by Gasteiger charge is -2.10. The number of aromatic nitrogens is 3. The molecule has 0 spiro atoms. The Kier molecular flexibility index (Phi) is 5.92. The molecule has 10 heteroatoms. The minimum absolute atomic E-state index is 0.0874. The van der Waals surface area contributed by atoms with Crippen LogP contribution in [0.2, 0.25) is 0 Å². The van der Waals surface area contributed by atoms with E-state index in [2.05, 4.69) is 14.8 Å². The van der Waals surface area contributed by atoms with Gasteiger partial charge in [0, 0.05) is 6.54 Å². The van der Waals surface area contributed by atoms with Gasteiger partial charge < -0.3 is 13.9 Å². The standard InChI is InChI=1S/C20H16F2N4O4/c1-4-26-16(8-11(2)25-26)18(30-20(27)28-3)12(9-23)15-10-29-19(24-15)17-13(21)6-5-7-14(17)22/h5-8,10H,4H2,1-3H3/b18-12-. The van der Waals surface area contributed by atoms with Crippen molar-refractivity contribution in [2.75, 3.05) is 7.11 Å². The highest BCUT2D eigenvalue weighted by atomic mass is 19.1. The third-order valence-corrected chi connectivity index (χ3v) is 4.06. The first-order valence-corrected chi connectivity index (χ1v) is 8.74. The quantitative estimate of drug-likeness (QED) is 0.348. The minimum Gasteiger partial charge on any atom is -0.444 e. The molecule has 30 heavy (non-hydrogen) atoms. The van der Waals surface area contributed by atoms with Crippen LogP contribution in [0.1, 0.15) is 24.0 Å². The molecule has 3 aromatic rings. The summed E-state index contributed by atoms with van der Waals surface area (Å²) in [6.45, 7) is 3.96. The van der Waals surface area contributed by atoms with Gasteiger partial charge in [-0.3, -0.25) is 4.68 Å². The highest BCUT2D eigenvalue weighted by Crippen LogP contribution is 2.31. The van der Waals surface area contributed by atoms with Crippen molar-refractivity contribution in [1.29, 1.82) is 5.26 Å². The average Bonchev–Trinajstić information content (AvgIpc) is 3.34. The number of carbonyl (C=O) groups is 1. The topological polar surface area (TPSA) is 103 Å². The fourth-order valence-corrected chi connectivity index (χ4v) is 2.76. The summed E-state index contributed by atoms with van der Waals surface area (Å²) in [5, 5.41) is 14.0. The van der Waals surface area contributed by atoms with Crippen LogP contribution in [0.5, 0.6) is 0 Å². The van der Waals surface area contributed by atoms with Gasteiger partial charge in [0.2, 0.25) is 5.89 Å². The molecule has 0 aliphatic rings. The van der Waals surface area contributed by atoms with E-state index in [9.17, 15) is 18.8 Å². The van der Waals surface area contributed by atoms with Gasteiger partial charge in [0.25, 0.3) is 0 Å². The number of nitriles is 1. The van der Waals surface area contributed by atoms with Gasteiger partial charge in [0.15, 0.2) is 5.76 Å². The van der Waals surface area contributed by atoms with E-state index in [-0.39, 0.29) is 22.9 Å². The van der Waals surface area contributed by atoms with Gasteiger partial charge >= 0.3 is 6.16 Å². The van der Waals surface area contributed by atoms with Gasteiger partial charge in [0.1, 0.15) is 46.5 Å². The summed E-state index contributed by atoms with van der Waals surface area (Å²) >= 11 is 0. The summed E-state index contributed by atoms with van der Waals surface area (Å²) in [5.74, 6) is -2.31. The highest BCUT2D eigenvalue weighted by Gasteiger charge is 2.25. The molecule has 3 rings (SSSR count). The van der Waals surface area contributed by atoms with Crippen LogP contribution in [0.15, 0.2) is 34.9 Å². The van der Waals surface area contributed by atoms with E-state index in [1.165, 1.54) is 10.7 Å². The lowest BCUT2D eigenvalue weighted by molar-refractivity contribution is 0.112. The Morgan fingerprint density at radius 1 is 1.33 bits per heavy atom. The van der Waals surface area contributed by atoms with Crippen LogP contribution in [0.4, 0.5) is 13.6 Å². The SMILES string of the molecule is CCn1nc(C)cc1/C(OC(=O)OC)=C(\C#N)c1coc(-c2c(F)cccc2F)n1. The van der Waals surface area contributed by atoms with Crippen LogP contribution in [0.3, 0.4) is 0 Å². The van der Waals surface area contributed by atoms with E-state index in [1.54, 1.807) is 13.0 Å². The maximum atomic E-state index is 14.1. The maximum Gasteiger partial charge on any atom is 0.513 e. The summed E-state index contributed by atoms with van der Waals surface area (Å²) in [6, 6.07) is 6.81. The van der Waals surface area contributed by atoms with Gasteiger partial charge in [0.05, 0.1) is 12.8 Å². The third-order valence-electron chi connectivity index (χ3n) is 4.06. The minimum atomic E-state index is -1.07. The molecular weight excluding hydrogens is 398 g/mol. The number of oxazole rings is 1. The third kappa shape index (κ3) is 3.91. The molecule has 0 atom stereocenters. The number of nitrogens with zero attached hydrogens (tertiary/aromatic N) is 4. The van der Waals surface area contributed by atoms with Gasteiger partial charge in [-0.1, -0.05) is 6.07 Å². The van der Waals surface area contributed by atoms with Crippen molar-refractivity contribution >= 4 is 17.5 Å². The predicted octanol–water partition coefficient (Wildman–Crippen LogP) is 4.32. The number of hydrogen-bond acceptors (Lipinski definition) is 7. The van der Waals surface area contributed by atoms with E-state index < -0.39 is 23.4 Å². The van der Waals surface area contributed by atoms with Crippen molar-refractivity contribution in [3.63, 3.8) is 0 Å². The smallest absolute Gasteiger partial charge is 0.444 e. The highest BCUT2D eigenvalue weighted by molar-refractivity contribution is 5.95. The summed E-state index contributed by atoms with van der Waals surface area (Å²) in [7, 11) is 1.11. The first kappa shape index (κ1) is 20.7. The zero-order valence-corrected chi connectivity index (χ0v) is 16.3. The summed E-state index contributed by atoms with van der Waals surface area (Å²) in [4.78, 5) is 15.8. The zero-order chi connectivity index (χ0) is 21.8. The first-order valence-electron chi connectivity index (χ1n) is 8.74. The molecule has 154 valence electrons. The fourth-order valence-electron chi connectivity index (χ4n) is 2.76. The van der Waals surface area contributed by atoms with E-state index in [1.807, 2.05) is 13.0 Å². The Balaban J connectivity index is 2.19. The number of hydrogen-bond donors (Lipinski definition) is 0. The number of allylic oxidation sites excluding steroid dienone is 1. The lowest BCUT2D eigenvalue weighted by atomic mass is 10.1. The molecule has 1 aromatic carbocycles. The van der Waals surface area contributed by atoms with Crippen molar-refractivity contribution < 1.29 is 27.5 Å². The second kappa shape index (κ2) is 8.57. The lowest BCUT2D eigenvalue weighted by Crippen LogP contribution is -2.10. The van der Waals surface area contributed by atoms with Crippen LogP contribution in [-0.4, -0.2) is 28.0 Å². The molecule has 0 amide bonds. The Morgan fingerprint density at radius 3 is 2.63 bits per heavy atom. The number of ether oxygens (including phenoxy) is 2. The number of methoxy groups -OCH3 is 1. The molecule has 0 aliphatic carbocycles. The molecule has 0 N–H and O–H groups in total. The van der Waals surface area contributed by atoms with Crippen LogP contribution >= 0.6 is 0 Å². The van der Waals surface area contributed by atoms with Gasteiger partial charge in [-0.05, 0) is 32.0 Å². The number of benzene rings is 1. The van der Waals surface area contributed by atoms with E-state index >= 15 is 0 Å². The van der Waals surface area contributed by atoms with Crippen molar-refractivity contribution in [3.8, 4) is 17.5 Å².